The molecule has 4 rings (SSSR count). The Hall–Kier alpha value is -3.15. The van der Waals surface area contributed by atoms with Gasteiger partial charge in [0.25, 0.3) is 5.91 Å². The third-order valence-electron chi connectivity index (χ3n) is 5.49. The molecule has 28 heavy (non-hydrogen) atoms. The van der Waals surface area contributed by atoms with Crippen LogP contribution in [0.1, 0.15) is 33.6 Å². The van der Waals surface area contributed by atoms with Crippen LogP contribution in [0.15, 0.2) is 54.6 Å². The van der Waals surface area contributed by atoms with Gasteiger partial charge in [0.2, 0.25) is 0 Å². The summed E-state index contributed by atoms with van der Waals surface area (Å²) in [6, 6.07) is 16.4. The molecule has 6 heteroatoms. The summed E-state index contributed by atoms with van der Waals surface area (Å²) in [7, 11) is 0. The number of amides is 3. The first-order valence-electron chi connectivity index (χ1n) is 9.67. The van der Waals surface area contributed by atoms with Gasteiger partial charge >= 0.3 is 6.03 Å². The molecule has 0 atom stereocenters. The van der Waals surface area contributed by atoms with Crippen molar-refractivity contribution >= 4 is 23.4 Å². The number of urea groups is 1. The number of carbonyl (C=O) groups is 3. The number of nitrogens with zero attached hydrogens (tertiary/aromatic N) is 2. The van der Waals surface area contributed by atoms with Gasteiger partial charge in [0.1, 0.15) is 0 Å². The average molecular weight is 377 g/mol. The zero-order chi connectivity index (χ0) is 19.5. The van der Waals surface area contributed by atoms with Crippen LogP contribution in [0.3, 0.4) is 0 Å². The molecule has 0 aromatic heterocycles. The van der Waals surface area contributed by atoms with Gasteiger partial charge in [0.15, 0.2) is 5.78 Å². The van der Waals surface area contributed by atoms with Gasteiger partial charge in [-0.25, -0.2) is 4.79 Å². The quantitative estimate of drug-likeness (QED) is 0.833. The Bertz CT molecular complexity index is 872. The summed E-state index contributed by atoms with van der Waals surface area (Å²) in [6.07, 6.45) is 1.37. The Morgan fingerprint density at radius 3 is 2.14 bits per heavy atom. The summed E-state index contributed by atoms with van der Waals surface area (Å²) >= 11 is 0. The third-order valence-corrected chi connectivity index (χ3v) is 5.49. The van der Waals surface area contributed by atoms with E-state index >= 15 is 0 Å². The van der Waals surface area contributed by atoms with Gasteiger partial charge in [-0.3, -0.25) is 14.5 Å². The molecule has 2 saturated heterocycles. The number of hydrogen-bond donors (Lipinski definition) is 1. The molecule has 2 aliphatic rings. The second-order valence-corrected chi connectivity index (χ2v) is 7.23. The standard InChI is InChI=1S/C22H23N3O3/c26-20(16-4-2-1-3-5-16)17-10-13-24(14-11-17)21(27)18-6-8-19(9-7-18)25-15-12-23-22(25)28/h1-9,17H,10-15H2,(H,23,28). The predicted octanol–water partition coefficient (Wildman–Crippen LogP) is 2.95. The second-order valence-electron chi connectivity index (χ2n) is 7.23. The number of carbonyl (C=O) groups excluding carboxylic acids is 3. The van der Waals surface area contributed by atoms with Crippen molar-refractivity contribution in [1.82, 2.24) is 10.2 Å². The Kier molecular flexibility index (Phi) is 5.10. The normalized spacial score (nSPS) is 17.5. The number of benzene rings is 2. The van der Waals surface area contributed by atoms with Crippen LogP contribution >= 0.6 is 0 Å². The Morgan fingerprint density at radius 2 is 1.54 bits per heavy atom. The largest absolute Gasteiger partial charge is 0.339 e. The molecular weight excluding hydrogens is 354 g/mol. The van der Waals surface area contributed by atoms with Gasteiger partial charge in [-0.1, -0.05) is 30.3 Å². The van der Waals surface area contributed by atoms with Gasteiger partial charge in [-0.05, 0) is 37.1 Å². The summed E-state index contributed by atoms with van der Waals surface area (Å²) in [5.41, 5.74) is 2.14. The topological polar surface area (TPSA) is 69.7 Å². The zero-order valence-corrected chi connectivity index (χ0v) is 15.6. The minimum absolute atomic E-state index is 0.0250. The summed E-state index contributed by atoms with van der Waals surface area (Å²) in [5, 5.41) is 2.77. The van der Waals surface area contributed by atoms with Gasteiger partial charge < -0.3 is 10.2 Å². The minimum atomic E-state index is -0.107. The van der Waals surface area contributed by atoms with Crippen molar-refractivity contribution in [2.24, 2.45) is 5.92 Å². The zero-order valence-electron chi connectivity index (χ0n) is 15.6. The van der Waals surface area contributed by atoms with Crippen molar-refractivity contribution in [3.8, 4) is 0 Å². The molecule has 3 amide bonds. The highest BCUT2D eigenvalue weighted by Crippen LogP contribution is 2.24. The van der Waals surface area contributed by atoms with Crippen molar-refractivity contribution in [1.29, 1.82) is 0 Å². The maximum absolute atomic E-state index is 12.8. The van der Waals surface area contributed by atoms with Crippen LogP contribution in [0.2, 0.25) is 0 Å². The SMILES string of the molecule is O=C(c1ccccc1)C1CCN(C(=O)c2ccc(N3CCNC3=O)cc2)CC1. The Labute approximate surface area is 164 Å². The van der Waals surface area contributed by atoms with Crippen LogP contribution in [-0.4, -0.2) is 48.8 Å². The van der Waals surface area contributed by atoms with Crippen LogP contribution in [0.4, 0.5) is 10.5 Å². The highest BCUT2D eigenvalue weighted by molar-refractivity contribution is 5.99. The molecule has 0 bridgehead atoms. The monoisotopic (exact) mass is 377 g/mol. The van der Waals surface area contributed by atoms with Crippen molar-refractivity contribution in [2.75, 3.05) is 31.1 Å². The Morgan fingerprint density at radius 1 is 0.857 bits per heavy atom. The van der Waals surface area contributed by atoms with E-state index < -0.39 is 0 Å². The van der Waals surface area contributed by atoms with E-state index in [1.54, 1.807) is 17.0 Å². The number of likely N-dealkylation sites (tertiary alicyclic amines) is 1. The van der Waals surface area contributed by atoms with E-state index in [4.69, 9.17) is 0 Å². The third kappa shape index (κ3) is 3.63. The highest BCUT2D eigenvalue weighted by atomic mass is 16.2. The van der Waals surface area contributed by atoms with Gasteiger partial charge in [-0.15, -0.1) is 0 Å². The van der Waals surface area contributed by atoms with E-state index in [1.807, 2.05) is 47.4 Å². The molecule has 1 N–H and O–H groups in total. The van der Waals surface area contributed by atoms with Crippen molar-refractivity contribution in [3.63, 3.8) is 0 Å². The van der Waals surface area contributed by atoms with Crippen LogP contribution in [0.25, 0.3) is 0 Å². The molecule has 2 aromatic rings. The molecule has 0 spiro atoms. The van der Waals surface area contributed by atoms with E-state index in [2.05, 4.69) is 5.32 Å². The summed E-state index contributed by atoms with van der Waals surface area (Å²) < 4.78 is 0. The molecule has 0 aliphatic carbocycles. The lowest BCUT2D eigenvalue weighted by Crippen LogP contribution is -2.40. The predicted molar refractivity (Wildman–Crippen MR) is 107 cm³/mol. The molecule has 0 radical (unpaired) electrons. The number of Topliss-reactive ketones (excluding diaryl/α,β-unsaturated/α-hetero) is 1. The van der Waals surface area contributed by atoms with Gasteiger partial charge in [0, 0.05) is 48.9 Å². The Balaban J connectivity index is 1.36. The van der Waals surface area contributed by atoms with Crippen LogP contribution in [0, 0.1) is 5.92 Å². The smallest absolute Gasteiger partial charge is 0.321 e. The lowest BCUT2D eigenvalue weighted by Gasteiger charge is -2.31. The van der Waals surface area contributed by atoms with E-state index in [0.29, 0.717) is 44.6 Å². The molecule has 2 heterocycles. The number of rotatable bonds is 4. The average Bonchev–Trinajstić information content (AvgIpc) is 3.19. The fraction of sp³-hybridized carbons (Fsp3) is 0.318. The molecule has 2 aliphatic heterocycles. The number of anilines is 1. The number of piperidine rings is 1. The molecule has 144 valence electrons. The van der Waals surface area contributed by atoms with Crippen LogP contribution in [-0.2, 0) is 0 Å². The highest BCUT2D eigenvalue weighted by Gasteiger charge is 2.28. The summed E-state index contributed by atoms with van der Waals surface area (Å²) in [4.78, 5) is 40.6. The first-order valence-corrected chi connectivity index (χ1v) is 9.67. The van der Waals surface area contributed by atoms with E-state index in [-0.39, 0.29) is 23.6 Å². The first-order chi connectivity index (χ1) is 13.6. The van der Waals surface area contributed by atoms with E-state index in [0.717, 1.165) is 11.3 Å². The molecule has 2 fully saturated rings. The van der Waals surface area contributed by atoms with Crippen molar-refractivity contribution < 1.29 is 14.4 Å². The molecule has 0 unspecified atom stereocenters. The fourth-order valence-corrected chi connectivity index (χ4v) is 3.87. The molecule has 2 aromatic carbocycles. The number of nitrogens with one attached hydrogen (secondary N) is 1. The maximum atomic E-state index is 12.8. The number of hydrogen-bond acceptors (Lipinski definition) is 3. The molecule has 6 nitrogen and oxygen atoms in total. The summed E-state index contributed by atoms with van der Waals surface area (Å²) in [6.45, 7) is 2.43. The van der Waals surface area contributed by atoms with Crippen molar-refractivity contribution in [2.45, 2.75) is 12.8 Å². The van der Waals surface area contributed by atoms with Gasteiger partial charge in [0.05, 0.1) is 0 Å². The lowest BCUT2D eigenvalue weighted by molar-refractivity contribution is 0.0650. The van der Waals surface area contributed by atoms with E-state index in [9.17, 15) is 14.4 Å². The molecular formula is C22H23N3O3. The lowest BCUT2D eigenvalue weighted by atomic mass is 9.88. The second kappa shape index (κ2) is 7.84. The summed E-state index contributed by atoms with van der Waals surface area (Å²) in [5.74, 6) is 0.117. The van der Waals surface area contributed by atoms with E-state index in [1.165, 1.54) is 0 Å². The maximum Gasteiger partial charge on any atom is 0.321 e. The minimum Gasteiger partial charge on any atom is -0.339 e. The fourth-order valence-electron chi connectivity index (χ4n) is 3.87. The van der Waals surface area contributed by atoms with Crippen LogP contribution < -0.4 is 10.2 Å². The molecule has 0 saturated carbocycles. The van der Waals surface area contributed by atoms with Crippen molar-refractivity contribution in [3.05, 3.63) is 65.7 Å². The van der Waals surface area contributed by atoms with Gasteiger partial charge in [-0.2, -0.15) is 0 Å². The first kappa shape index (κ1) is 18.2. The number of ketones is 1. The van der Waals surface area contributed by atoms with Crippen LogP contribution in [0.5, 0.6) is 0 Å².